The lowest BCUT2D eigenvalue weighted by molar-refractivity contribution is -0.143. The number of nitrogens with one attached hydrogen (secondary N) is 1. The van der Waals surface area contributed by atoms with Gasteiger partial charge >= 0.3 is 12.4 Å². The lowest BCUT2D eigenvalue weighted by Crippen LogP contribution is -2.35. The van der Waals surface area contributed by atoms with Crippen molar-refractivity contribution < 1.29 is 31.1 Å². The Balaban J connectivity index is 2.99. The molecule has 1 N–H and O–H groups in total. The molecule has 24 heavy (non-hydrogen) atoms. The average molecular weight is 356 g/mol. The first-order chi connectivity index (χ1) is 11.0. The van der Waals surface area contributed by atoms with Gasteiger partial charge in [0, 0.05) is 18.7 Å². The second-order valence-corrected chi connectivity index (χ2v) is 5.08. The molecule has 0 aliphatic rings. The number of carbonyl (C=O) groups excluding carboxylic acids is 1. The third kappa shape index (κ3) is 5.70. The van der Waals surface area contributed by atoms with Crippen molar-refractivity contribution in [1.82, 2.24) is 10.2 Å². The van der Waals surface area contributed by atoms with Crippen molar-refractivity contribution >= 4 is 5.91 Å². The van der Waals surface area contributed by atoms with Crippen LogP contribution in [0.3, 0.4) is 0 Å². The van der Waals surface area contributed by atoms with Gasteiger partial charge in [0.25, 0.3) is 5.91 Å². The molecule has 0 spiro atoms. The zero-order valence-corrected chi connectivity index (χ0v) is 13.2. The summed E-state index contributed by atoms with van der Waals surface area (Å²) in [6.45, 7) is 5.80. The quantitative estimate of drug-likeness (QED) is 0.787. The van der Waals surface area contributed by atoms with Gasteiger partial charge in [-0.15, -0.1) is 0 Å². The Hall–Kier alpha value is -1.77. The Labute approximate surface area is 135 Å². The lowest BCUT2D eigenvalue weighted by Gasteiger charge is -2.18. The number of likely N-dealkylation sites (N-methyl/N-ethyl adjacent to an activating group) is 1. The first-order valence-electron chi connectivity index (χ1n) is 7.29. The summed E-state index contributed by atoms with van der Waals surface area (Å²) in [6, 6.07) is 0.830. The lowest BCUT2D eigenvalue weighted by atomic mass is 10.0. The van der Waals surface area contributed by atoms with Crippen molar-refractivity contribution in [2.24, 2.45) is 0 Å². The molecule has 0 aliphatic carbocycles. The van der Waals surface area contributed by atoms with Crippen molar-refractivity contribution in [2.45, 2.75) is 26.2 Å². The van der Waals surface area contributed by atoms with E-state index in [2.05, 4.69) is 5.32 Å². The monoisotopic (exact) mass is 356 g/mol. The molecule has 0 atom stereocenters. The van der Waals surface area contributed by atoms with Crippen LogP contribution in [0.25, 0.3) is 0 Å². The zero-order valence-electron chi connectivity index (χ0n) is 13.2. The predicted molar refractivity (Wildman–Crippen MR) is 76.6 cm³/mol. The maximum atomic E-state index is 12.7. The Morgan fingerprint density at radius 3 is 1.79 bits per heavy atom. The fraction of sp³-hybridized carbons (Fsp3) is 0.533. The summed E-state index contributed by atoms with van der Waals surface area (Å²) in [4.78, 5) is 13.8. The van der Waals surface area contributed by atoms with Crippen molar-refractivity contribution in [3.8, 4) is 0 Å². The van der Waals surface area contributed by atoms with Gasteiger partial charge in [0.2, 0.25) is 0 Å². The summed E-state index contributed by atoms with van der Waals surface area (Å²) in [5.41, 5.74) is -3.69. The van der Waals surface area contributed by atoms with Gasteiger partial charge in [0.15, 0.2) is 0 Å². The van der Waals surface area contributed by atoms with Crippen LogP contribution in [-0.2, 0) is 12.4 Å². The van der Waals surface area contributed by atoms with Crippen molar-refractivity contribution in [1.29, 1.82) is 0 Å². The van der Waals surface area contributed by atoms with E-state index in [1.54, 1.807) is 0 Å². The van der Waals surface area contributed by atoms with Crippen LogP contribution in [0.5, 0.6) is 0 Å². The van der Waals surface area contributed by atoms with Crippen LogP contribution in [0.15, 0.2) is 18.2 Å². The molecule has 0 saturated heterocycles. The normalized spacial score (nSPS) is 12.5. The molecule has 0 aliphatic heterocycles. The molecule has 136 valence electrons. The third-order valence-electron chi connectivity index (χ3n) is 3.46. The van der Waals surface area contributed by atoms with E-state index in [4.69, 9.17) is 0 Å². The first kappa shape index (κ1) is 20.3. The zero-order chi connectivity index (χ0) is 18.5. The molecule has 0 saturated carbocycles. The van der Waals surface area contributed by atoms with Crippen LogP contribution in [0.4, 0.5) is 26.3 Å². The predicted octanol–water partition coefficient (Wildman–Crippen LogP) is 3.80. The highest BCUT2D eigenvalue weighted by molar-refractivity contribution is 5.94. The summed E-state index contributed by atoms with van der Waals surface area (Å²) >= 11 is 0. The summed E-state index contributed by atoms with van der Waals surface area (Å²) in [5, 5.41) is 2.34. The molecule has 0 aromatic heterocycles. The number of halogens is 6. The fourth-order valence-electron chi connectivity index (χ4n) is 2.06. The number of nitrogens with zero attached hydrogens (tertiary/aromatic N) is 1. The molecule has 0 heterocycles. The number of benzene rings is 1. The maximum Gasteiger partial charge on any atom is 0.416 e. The van der Waals surface area contributed by atoms with E-state index in [1.165, 1.54) is 0 Å². The topological polar surface area (TPSA) is 32.3 Å². The fourth-order valence-corrected chi connectivity index (χ4v) is 2.06. The highest BCUT2D eigenvalue weighted by atomic mass is 19.4. The largest absolute Gasteiger partial charge is 0.416 e. The third-order valence-corrected chi connectivity index (χ3v) is 3.46. The van der Waals surface area contributed by atoms with E-state index in [1.807, 2.05) is 18.7 Å². The molecule has 0 bridgehead atoms. The van der Waals surface area contributed by atoms with Crippen molar-refractivity contribution in [3.63, 3.8) is 0 Å². The first-order valence-corrected chi connectivity index (χ1v) is 7.29. The van der Waals surface area contributed by atoms with Gasteiger partial charge in [-0.25, -0.2) is 0 Å². The minimum Gasteiger partial charge on any atom is -0.351 e. The maximum absolute atomic E-state index is 12.7. The minimum atomic E-state index is -4.97. The van der Waals surface area contributed by atoms with Crippen LogP contribution in [0.1, 0.15) is 35.3 Å². The van der Waals surface area contributed by atoms with E-state index in [-0.39, 0.29) is 12.6 Å². The van der Waals surface area contributed by atoms with Gasteiger partial charge in [0.05, 0.1) is 11.1 Å². The van der Waals surface area contributed by atoms with Crippen molar-refractivity contribution in [3.05, 3.63) is 34.9 Å². The Kier molecular flexibility index (Phi) is 6.65. The summed E-state index contributed by atoms with van der Waals surface area (Å²) in [6.07, 6.45) is -9.95. The van der Waals surface area contributed by atoms with Crippen LogP contribution in [-0.4, -0.2) is 37.0 Å². The number of alkyl halides is 6. The Bertz CT molecular complexity index is 532. The number of amides is 1. The molecular weight excluding hydrogens is 338 g/mol. The standard InChI is InChI=1S/C15H18F6N2O/c1-3-23(4-2)6-5-22-13(24)10-7-11(14(16,17)18)9-12(8-10)15(19,20)21/h7-9H,3-6H2,1-2H3,(H,22,24). The molecular formula is C15H18F6N2O. The van der Waals surface area contributed by atoms with Gasteiger partial charge in [-0.2, -0.15) is 26.3 Å². The number of hydrogen-bond donors (Lipinski definition) is 1. The second-order valence-electron chi connectivity index (χ2n) is 5.08. The Morgan fingerprint density at radius 1 is 0.958 bits per heavy atom. The van der Waals surface area contributed by atoms with Gasteiger partial charge < -0.3 is 10.2 Å². The van der Waals surface area contributed by atoms with Crippen molar-refractivity contribution in [2.75, 3.05) is 26.2 Å². The number of carbonyl (C=O) groups is 1. The van der Waals surface area contributed by atoms with Crippen LogP contribution < -0.4 is 5.32 Å². The molecule has 1 aromatic rings. The van der Waals surface area contributed by atoms with Gasteiger partial charge in [0.1, 0.15) is 0 Å². The van der Waals surface area contributed by atoms with E-state index in [0.29, 0.717) is 31.8 Å². The van der Waals surface area contributed by atoms with E-state index in [0.717, 1.165) is 0 Å². The molecule has 1 rings (SSSR count). The molecule has 1 amide bonds. The van der Waals surface area contributed by atoms with E-state index < -0.39 is 35.0 Å². The molecule has 1 aromatic carbocycles. The smallest absolute Gasteiger partial charge is 0.351 e. The summed E-state index contributed by atoms with van der Waals surface area (Å²) in [5.74, 6) is -0.973. The van der Waals surface area contributed by atoms with Gasteiger partial charge in [-0.3, -0.25) is 4.79 Å². The molecule has 0 radical (unpaired) electrons. The number of hydrogen-bond acceptors (Lipinski definition) is 2. The second kappa shape index (κ2) is 7.87. The van der Waals surface area contributed by atoms with Crippen LogP contribution >= 0.6 is 0 Å². The highest BCUT2D eigenvalue weighted by Gasteiger charge is 2.37. The highest BCUT2D eigenvalue weighted by Crippen LogP contribution is 2.36. The number of rotatable bonds is 6. The SMILES string of the molecule is CCN(CC)CCNC(=O)c1cc(C(F)(F)F)cc(C(F)(F)F)c1. The molecule has 0 unspecified atom stereocenters. The van der Waals surface area contributed by atoms with Gasteiger partial charge in [-0.1, -0.05) is 13.8 Å². The Morgan fingerprint density at radius 2 is 1.42 bits per heavy atom. The van der Waals surface area contributed by atoms with E-state index >= 15 is 0 Å². The van der Waals surface area contributed by atoms with Crippen LogP contribution in [0.2, 0.25) is 0 Å². The molecule has 9 heteroatoms. The molecule has 0 fully saturated rings. The van der Waals surface area contributed by atoms with Gasteiger partial charge in [-0.05, 0) is 31.3 Å². The average Bonchev–Trinajstić information content (AvgIpc) is 2.49. The minimum absolute atomic E-state index is 0.00726. The summed E-state index contributed by atoms with van der Waals surface area (Å²) in [7, 11) is 0. The van der Waals surface area contributed by atoms with E-state index in [9.17, 15) is 31.1 Å². The van der Waals surface area contributed by atoms with Crippen LogP contribution in [0, 0.1) is 0 Å². The molecule has 3 nitrogen and oxygen atoms in total. The summed E-state index contributed by atoms with van der Waals surface area (Å²) < 4.78 is 76.5.